The quantitative estimate of drug-likeness (QED) is 0.128. The van der Waals surface area contributed by atoms with E-state index in [1.165, 1.54) is 93.0 Å². The number of rotatable bonds is 10. The van der Waals surface area contributed by atoms with Gasteiger partial charge in [0.2, 0.25) is 0 Å². The highest BCUT2D eigenvalue weighted by Crippen LogP contribution is 2.56. The predicted molar refractivity (Wildman–Crippen MR) is 529 cm³/mol. The molecule has 2 aliphatic carbocycles. The predicted octanol–water partition coefficient (Wildman–Crippen LogP) is 33.0. The highest BCUT2D eigenvalue weighted by Gasteiger charge is 2.36. The maximum absolute atomic E-state index is 8.17. The van der Waals surface area contributed by atoms with Crippen molar-refractivity contribution in [1.29, 1.82) is 0 Å². The van der Waals surface area contributed by atoms with E-state index in [0.29, 0.717) is 0 Å². The van der Waals surface area contributed by atoms with Crippen LogP contribution < -0.4 is 14.7 Å². The van der Waals surface area contributed by atoms with Crippen molar-refractivity contribution < 1.29 is 8.83 Å². The number of allylic oxidation sites excluding steroid dienone is 4. The summed E-state index contributed by atoms with van der Waals surface area (Å²) in [4.78, 5) is 7.58. The molecule has 5 heteroatoms. The molecule has 4 aliphatic rings. The number of furan rings is 2. The summed E-state index contributed by atoms with van der Waals surface area (Å²) in [6.45, 7) is 0. The number of nitrogens with zero attached hydrogens (tertiary/aromatic N) is 3. The van der Waals surface area contributed by atoms with Gasteiger partial charge in [0.1, 0.15) is 22.3 Å². The molecular formula is C120H73N3O2. The second kappa shape index (κ2) is 27.1. The first-order valence-electron chi connectivity index (χ1n) is 43.3. The van der Waals surface area contributed by atoms with E-state index in [0.717, 1.165) is 166 Å². The Balaban J connectivity index is 0.747. The summed E-state index contributed by atoms with van der Waals surface area (Å²) in [6, 6.07) is 140. The van der Waals surface area contributed by atoms with Crippen LogP contribution in [0.3, 0.4) is 0 Å². The number of fused-ring (bicyclic) bond motifs is 13. The largest absolute Gasteiger partial charge is 0.456 e. The Morgan fingerprint density at radius 3 is 1.62 bits per heavy atom. The first kappa shape index (κ1) is 69.5. The average Bonchev–Trinajstić information content (AvgIpc) is 1.54. The van der Waals surface area contributed by atoms with Crippen LogP contribution in [0.15, 0.2) is 439 Å². The van der Waals surface area contributed by atoms with Gasteiger partial charge in [-0.2, -0.15) is 0 Å². The Labute approximate surface area is 720 Å². The smallest absolute Gasteiger partial charge is 0.143 e. The van der Waals surface area contributed by atoms with Crippen molar-refractivity contribution in [3.63, 3.8) is 0 Å². The number of anilines is 7. The summed E-state index contributed by atoms with van der Waals surface area (Å²) in [6.07, 6.45) is 20.8. The number of para-hydroxylation sites is 2. The monoisotopic (exact) mass is 1590 g/mol. The minimum absolute atomic E-state index is 0.151. The molecule has 580 valence electrons. The van der Waals surface area contributed by atoms with Gasteiger partial charge < -0.3 is 23.5 Å². The average molecular weight is 1590 g/mol. The lowest BCUT2D eigenvalue weighted by atomic mass is 9.83. The third-order valence-corrected chi connectivity index (χ3v) is 27.2. The van der Waals surface area contributed by atoms with E-state index in [4.69, 9.17) is 8.83 Å². The number of hydrogen-bond donors (Lipinski definition) is 0. The molecule has 0 saturated heterocycles. The summed E-state index contributed by atoms with van der Waals surface area (Å²) in [5, 5.41) is 25.0. The first-order chi connectivity index (χ1) is 61.9. The Bertz CT molecular complexity index is 8760. The van der Waals surface area contributed by atoms with E-state index in [-0.39, 0.29) is 12.1 Å². The van der Waals surface area contributed by atoms with Gasteiger partial charge in [-0.3, -0.25) is 0 Å². The Morgan fingerprint density at radius 1 is 0.280 bits per heavy atom. The molecule has 0 radical (unpaired) electrons. The van der Waals surface area contributed by atoms with E-state index in [9.17, 15) is 0 Å². The van der Waals surface area contributed by atoms with Gasteiger partial charge in [-0.25, -0.2) is 0 Å². The van der Waals surface area contributed by atoms with Gasteiger partial charge in [-0.05, 0) is 274 Å². The van der Waals surface area contributed by atoms with Crippen molar-refractivity contribution in [2.75, 3.05) is 14.7 Å². The van der Waals surface area contributed by atoms with E-state index < -0.39 is 0 Å². The van der Waals surface area contributed by atoms with Crippen LogP contribution in [0.5, 0.6) is 0 Å². The fourth-order valence-corrected chi connectivity index (χ4v) is 21.6. The van der Waals surface area contributed by atoms with Crippen LogP contribution >= 0.6 is 0 Å². The van der Waals surface area contributed by atoms with Crippen LogP contribution in [0, 0.1) is 0 Å². The maximum Gasteiger partial charge on any atom is 0.143 e. The molecule has 2 unspecified atom stereocenters. The molecule has 0 saturated carbocycles. The molecule has 0 bridgehead atoms. The second-order valence-electron chi connectivity index (χ2n) is 34.1. The fraction of sp³-hybridized carbons (Fsp3) is 0.0167. The van der Waals surface area contributed by atoms with Gasteiger partial charge in [0.05, 0.1) is 23.5 Å². The molecule has 21 aromatic carbocycles. The topological polar surface area (TPSA) is 36.0 Å². The molecule has 4 heterocycles. The summed E-state index contributed by atoms with van der Waals surface area (Å²) < 4.78 is 16.1. The van der Waals surface area contributed by atoms with Gasteiger partial charge in [0.15, 0.2) is 0 Å². The zero-order valence-corrected chi connectivity index (χ0v) is 67.8. The SMILES string of the molecule is C1=CC2=Cc3c(-c4ccc5cc6ccccc6cc5c4)cccc3N(c3cc4oc5cc(N(c6ccccc6)c6cccc7cc(-c8ccccc8)ccc67)cc6c7cc(N8c9ccccc9C=C9C(c%10ccccc%10)=CC=CC98)cc8oc9c(-c%10cccc%11cc%12cc(-c%13c%14ccccc%14cc%14ccccc%13%14)ccc%12cc%10%11)ccc(c(c3)c4c56)c9c87)C2C=C1. The molecule has 2 aromatic heterocycles. The molecule has 0 spiro atoms. The highest BCUT2D eigenvalue weighted by atomic mass is 16.3. The van der Waals surface area contributed by atoms with Crippen LogP contribution in [0.4, 0.5) is 39.8 Å². The number of hydrogen-bond acceptors (Lipinski definition) is 5. The summed E-state index contributed by atoms with van der Waals surface area (Å²) >= 11 is 0. The molecule has 23 aromatic rings. The fourth-order valence-electron chi connectivity index (χ4n) is 21.6. The molecule has 5 nitrogen and oxygen atoms in total. The Hall–Kier alpha value is -16.3. The summed E-state index contributed by atoms with van der Waals surface area (Å²) in [7, 11) is 0. The molecule has 27 rings (SSSR count). The molecule has 125 heavy (non-hydrogen) atoms. The minimum Gasteiger partial charge on any atom is -0.456 e. The second-order valence-corrected chi connectivity index (χ2v) is 34.1. The minimum atomic E-state index is -0.186. The lowest BCUT2D eigenvalue weighted by Crippen LogP contribution is -2.35. The van der Waals surface area contributed by atoms with E-state index >= 15 is 0 Å². The molecular weight excluding hydrogens is 1520 g/mol. The standard InChI is InChI=1S/C120H73N3O2/c1-4-24-72(25-5-1)76-52-53-95-79(57-76)35-21-45-109(95)121(89-36-8-3-9-37-89)90-66-105-106-68-92(123-107-43-18-14-32-84(107)64-102-93(40-22-46-110(102)123)73-26-6-2-7-27-73)71-114-118(106)119-99(54-55-100(120(119)125-114)98-42-20-34-82-60-88-62-86(51-49-78(88)63-101(82)98)115-96-38-16-12-30-80(96)59-81-31-13-17-39-97(81)115)104-67-91(70-113-116(104)117(105)112(69-90)124-113)122-108-44-19-15-33-85(108)65-103-94(41-23-47-111(103)122)83-50-48-77-56-74-28-10-11-29-75(74)58-87(77)61-83/h1-71,108,110H. The van der Waals surface area contributed by atoms with Crippen molar-refractivity contribution in [3.05, 3.63) is 446 Å². The molecule has 2 atom stereocenters. The van der Waals surface area contributed by atoms with Crippen LogP contribution in [0.1, 0.15) is 16.7 Å². The summed E-state index contributed by atoms with van der Waals surface area (Å²) in [5.74, 6) is 0. The van der Waals surface area contributed by atoms with Crippen LogP contribution in [0.25, 0.3) is 203 Å². The van der Waals surface area contributed by atoms with Crippen LogP contribution in [-0.2, 0) is 0 Å². The van der Waals surface area contributed by atoms with Gasteiger partial charge in [0, 0.05) is 84.7 Å². The van der Waals surface area contributed by atoms with Crippen molar-refractivity contribution in [2.24, 2.45) is 0 Å². The Kier molecular flexibility index (Phi) is 15.0. The lowest BCUT2D eigenvalue weighted by Gasteiger charge is -2.40. The third kappa shape index (κ3) is 10.7. The molecule has 0 fully saturated rings. The van der Waals surface area contributed by atoms with E-state index in [2.05, 4.69) is 445 Å². The third-order valence-electron chi connectivity index (χ3n) is 27.2. The van der Waals surface area contributed by atoms with Gasteiger partial charge in [-0.15, -0.1) is 0 Å². The lowest BCUT2D eigenvalue weighted by molar-refractivity contribution is 0.669. The summed E-state index contributed by atoms with van der Waals surface area (Å²) in [5.41, 5.74) is 26.7. The van der Waals surface area contributed by atoms with Gasteiger partial charge in [0.25, 0.3) is 0 Å². The zero-order chi connectivity index (χ0) is 81.6. The van der Waals surface area contributed by atoms with Crippen LogP contribution in [0.2, 0.25) is 0 Å². The molecule has 0 N–H and O–H groups in total. The molecule has 0 amide bonds. The van der Waals surface area contributed by atoms with E-state index in [1.807, 2.05) is 0 Å². The van der Waals surface area contributed by atoms with Crippen molar-refractivity contribution in [2.45, 2.75) is 12.1 Å². The molecule has 2 aliphatic heterocycles. The van der Waals surface area contributed by atoms with Gasteiger partial charge >= 0.3 is 0 Å². The van der Waals surface area contributed by atoms with Crippen molar-refractivity contribution in [1.82, 2.24) is 0 Å². The maximum atomic E-state index is 8.17. The first-order valence-corrected chi connectivity index (χ1v) is 43.3. The number of benzene rings is 20. The van der Waals surface area contributed by atoms with Crippen molar-refractivity contribution in [3.8, 4) is 44.5 Å². The normalized spacial score (nSPS) is 14.9. The zero-order valence-electron chi connectivity index (χ0n) is 67.8. The Morgan fingerprint density at radius 2 is 0.824 bits per heavy atom. The van der Waals surface area contributed by atoms with Crippen molar-refractivity contribution >= 4 is 198 Å². The highest BCUT2D eigenvalue weighted by molar-refractivity contribution is 6.38. The van der Waals surface area contributed by atoms with Crippen LogP contribution in [-0.4, -0.2) is 12.1 Å². The van der Waals surface area contributed by atoms with Gasteiger partial charge in [-0.1, -0.05) is 297 Å². The van der Waals surface area contributed by atoms with E-state index in [1.54, 1.807) is 0 Å².